The Labute approximate surface area is 193 Å². The first kappa shape index (κ1) is 22.9. The van der Waals surface area contributed by atoms with Gasteiger partial charge in [0.05, 0.1) is 23.0 Å². The molecular weight excluding hydrogens is 440 g/mol. The second-order valence-electron chi connectivity index (χ2n) is 8.00. The molecule has 1 fully saturated rings. The molecule has 1 amide bonds. The van der Waals surface area contributed by atoms with Gasteiger partial charge >= 0.3 is 5.97 Å². The molecule has 0 aliphatic carbocycles. The van der Waals surface area contributed by atoms with Crippen molar-refractivity contribution in [2.24, 2.45) is 5.92 Å². The number of piperidine rings is 1. The minimum absolute atomic E-state index is 0.127. The smallest absolute Gasteiger partial charge is 0.338 e. The monoisotopic (exact) mass is 466 g/mol. The maximum Gasteiger partial charge on any atom is 0.338 e. The molecule has 0 spiro atoms. The molecule has 0 bridgehead atoms. The van der Waals surface area contributed by atoms with Crippen LogP contribution in [0.4, 0.5) is 5.69 Å². The van der Waals surface area contributed by atoms with Crippen molar-refractivity contribution < 1.29 is 22.7 Å². The molecule has 0 radical (unpaired) electrons. The van der Waals surface area contributed by atoms with Crippen LogP contribution in [0.3, 0.4) is 0 Å². The highest BCUT2D eigenvalue weighted by atomic mass is 32.2. The van der Waals surface area contributed by atoms with E-state index in [1.165, 1.54) is 4.31 Å². The third-order valence-electron chi connectivity index (χ3n) is 5.78. The molecular formula is C25H26N2O5S. The first-order valence-electron chi connectivity index (χ1n) is 11.0. The molecule has 3 aromatic carbocycles. The second-order valence-corrected chi connectivity index (χ2v) is 9.94. The molecule has 1 N–H and O–H groups in total. The van der Waals surface area contributed by atoms with Crippen LogP contribution in [0.25, 0.3) is 10.8 Å². The number of hydrogen-bond acceptors (Lipinski definition) is 5. The van der Waals surface area contributed by atoms with Gasteiger partial charge in [-0.1, -0.05) is 30.3 Å². The normalized spacial score (nSPS) is 16.9. The number of anilines is 1. The van der Waals surface area contributed by atoms with Crippen LogP contribution in [-0.2, 0) is 19.6 Å². The molecule has 0 saturated carbocycles. The summed E-state index contributed by atoms with van der Waals surface area (Å²) in [4.78, 5) is 24.9. The summed E-state index contributed by atoms with van der Waals surface area (Å²) in [5, 5.41) is 4.66. The predicted octanol–water partition coefficient (Wildman–Crippen LogP) is 4.06. The van der Waals surface area contributed by atoms with Crippen molar-refractivity contribution in [1.82, 2.24) is 4.31 Å². The fourth-order valence-corrected chi connectivity index (χ4v) is 5.56. The Morgan fingerprint density at radius 1 is 1.03 bits per heavy atom. The summed E-state index contributed by atoms with van der Waals surface area (Å²) >= 11 is 0. The van der Waals surface area contributed by atoms with Crippen molar-refractivity contribution in [3.05, 3.63) is 72.3 Å². The van der Waals surface area contributed by atoms with Gasteiger partial charge in [0.1, 0.15) is 0 Å². The number of ether oxygens (including phenoxy) is 1. The minimum atomic E-state index is -3.71. The van der Waals surface area contributed by atoms with E-state index in [1.54, 1.807) is 49.4 Å². The third kappa shape index (κ3) is 5.07. The average molecular weight is 467 g/mol. The highest BCUT2D eigenvalue weighted by molar-refractivity contribution is 7.89. The topological polar surface area (TPSA) is 92.8 Å². The summed E-state index contributed by atoms with van der Waals surface area (Å²) in [5.74, 6) is -1.12. The molecule has 3 aromatic rings. The van der Waals surface area contributed by atoms with Crippen LogP contribution in [-0.4, -0.2) is 44.3 Å². The van der Waals surface area contributed by atoms with Gasteiger partial charge in [-0.3, -0.25) is 4.79 Å². The van der Waals surface area contributed by atoms with Crippen LogP contribution in [0, 0.1) is 5.92 Å². The zero-order valence-electron chi connectivity index (χ0n) is 18.4. The van der Waals surface area contributed by atoms with E-state index < -0.39 is 21.9 Å². The van der Waals surface area contributed by atoms with E-state index in [-0.39, 0.29) is 24.0 Å². The molecule has 1 heterocycles. The van der Waals surface area contributed by atoms with Crippen LogP contribution in [0.1, 0.15) is 30.1 Å². The highest BCUT2D eigenvalue weighted by Crippen LogP contribution is 2.27. The number of benzene rings is 3. The van der Waals surface area contributed by atoms with Crippen molar-refractivity contribution >= 4 is 38.4 Å². The fourth-order valence-electron chi connectivity index (χ4n) is 4.00. The summed E-state index contributed by atoms with van der Waals surface area (Å²) in [6, 6.07) is 19.2. The first-order valence-corrected chi connectivity index (χ1v) is 12.4. The SMILES string of the molecule is CCOC(=O)c1ccc(NC(=O)[C@@H]2CCCN(S(=O)(=O)c3ccc4ccccc4c3)C2)cc1. The van der Waals surface area contributed by atoms with Crippen LogP contribution >= 0.6 is 0 Å². The quantitative estimate of drug-likeness (QED) is 0.553. The van der Waals surface area contributed by atoms with Gasteiger partial charge < -0.3 is 10.1 Å². The number of fused-ring (bicyclic) bond motifs is 1. The van der Waals surface area contributed by atoms with Crippen molar-refractivity contribution in [2.45, 2.75) is 24.7 Å². The van der Waals surface area contributed by atoms with E-state index in [0.717, 1.165) is 10.8 Å². The maximum atomic E-state index is 13.3. The molecule has 8 heteroatoms. The Hall–Kier alpha value is -3.23. The standard InChI is InChI=1S/C25H26N2O5S/c1-2-32-25(29)19-9-12-22(13-10-19)26-24(28)21-8-5-15-27(17-21)33(30,31)23-14-11-18-6-3-4-7-20(18)16-23/h3-4,6-7,9-14,16,21H,2,5,8,15,17H2,1H3,(H,26,28)/t21-/m1/s1. The maximum absolute atomic E-state index is 13.3. The van der Waals surface area contributed by atoms with Crippen LogP contribution < -0.4 is 5.32 Å². The Morgan fingerprint density at radius 2 is 1.76 bits per heavy atom. The lowest BCUT2D eigenvalue weighted by atomic mass is 9.98. The van der Waals surface area contributed by atoms with E-state index in [4.69, 9.17) is 4.74 Å². The second kappa shape index (κ2) is 9.72. The molecule has 7 nitrogen and oxygen atoms in total. The molecule has 4 rings (SSSR count). The van der Waals surface area contributed by atoms with E-state index in [0.29, 0.717) is 30.6 Å². The fraction of sp³-hybridized carbons (Fsp3) is 0.280. The number of nitrogens with zero attached hydrogens (tertiary/aromatic N) is 1. The third-order valence-corrected chi connectivity index (χ3v) is 7.64. The van der Waals surface area contributed by atoms with E-state index >= 15 is 0 Å². The number of nitrogens with one attached hydrogen (secondary N) is 1. The number of carbonyl (C=O) groups excluding carboxylic acids is 2. The largest absolute Gasteiger partial charge is 0.462 e. The molecule has 1 saturated heterocycles. The van der Waals surface area contributed by atoms with Crippen LogP contribution in [0.5, 0.6) is 0 Å². The zero-order chi connectivity index (χ0) is 23.4. The lowest BCUT2D eigenvalue weighted by molar-refractivity contribution is -0.120. The lowest BCUT2D eigenvalue weighted by Crippen LogP contribution is -2.43. The van der Waals surface area contributed by atoms with Gasteiger partial charge in [0.15, 0.2) is 0 Å². The van der Waals surface area contributed by atoms with E-state index in [9.17, 15) is 18.0 Å². The van der Waals surface area contributed by atoms with Crippen molar-refractivity contribution in [1.29, 1.82) is 0 Å². The minimum Gasteiger partial charge on any atom is -0.462 e. The van der Waals surface area contributed by atoms with Gasteiger partial charge in [0.25, 0.3) is 0 Å². The van der Waals surface area contributed by atoms with Crippen molar-refractivity contribution in [3.8, 4) is 0 Å². The van der Waals surface area contributed by atoms with Crippen LogP contribution in [0.15, 0.2) is 71.6 Å². The van der Waals surface area contributed by atoms with Crippen molar-refractivity contribution in [3.63, 3.8) is 0 Å². The Bertz CT molecular complexity index is 1270. The number of rotatable bonds is 6. The number of sulfonamides is 1. The van der Waals surface area contributed by atoms with Crippen LogP contribution in [0.2, 0.25) is 0 Å². The number of esters is 1. The molecule has 1 atom stereocenters. The van der Waals surface area contributed by atoms with Gasteiger partial charge in [0, 0.05) is 18.8 Å². The summed E-state index contributed by atoms with van der Waals surface area (Å²) in [5.41, 5.74) is 0.947. The summed E-state index contributed by atoms with van der Waals surface area (Å²) in [6.07, 6.45) is 1.21. The van der Waals surface area contributed by atoms with Gasteiger partial charge in [-0.2, -0.15) is 4.31 Å². The predicted molar refractivity (Wildman–Crippen MR) is 126 cm³/mol. The number of carbonyl (C=O) groups is 2. The van der Waals surface area contributed by atoms with Gasteiger partial charge in [-0.05, 0) is 66.9 Å². The van der Waals surface area contributed by atoms with Gasteiger partial charge in [-0.15, -0.1) is 0 Å². The molecule has 0 unspecified atom stereocenters. The molecule has 0 aromatic heterocycles. The molecule has 1 aliphatic heterocycles. The lowest BCUT2D eigenvalue weighted by Gasteiger charge is -2.31. The number of hydrogen-bond donors (Lipinski definition) is 1. The van der Waals surface area contributed by atoms with Crippen molar-refractivity contribution in [2.75, 3.05) is 25.0 Å². The molecule has 172 valence electrons. The average Bonchev–Trinajstić information content (AvgIpc) is 2.84. The summed E-state index contributed by atoms with van der Waals surface area (Å²) in [7, 11) is -3.71. The summed E-state index contributed by atoms with van der Waals surface area (Å²) < 4.78 is 32.9. The zero-order valence-corrected chi connectivity index (χ0v) is 19.2. The van der Waals surface area contributed by atoms with Gasteiger partial charge in [0.2, 0.25) is 15.9 Å². The highest BCUT2D eigenvalue weighted by Gasteiger charge is 2.33. The summed E-state index contributed by atoms with van der Waals surface area (Å²) in [6.45, 7) is 2.53. The van der Waals surface area contributed by atoms with Gasteiger partial charge in [-0.25, -0.2) is 13.2 Å². The van der Waals surface area contributed by atoms with E-state index in [2.05, 4.69) is 5.32 Å². The number of amides is 1. The van der Waals surface area contributed by atoms with E-state index in [1.807, 2.05) is 24.3 Å². The Kier molecular flexibility index (Phi) is 6.76. The Morgan fingerprint density at radius 3 is 2.48 bits per heavy atom. The Balaban J connectivity index is 1.45. The molecule has 1 aliphatic rings. The molecule has 33 heavy (non-hydrogen) atoms. The first-order chi connectivity index (χ1) is 15.9.